The van der Waals surface area contributed by atoms with E-state index in [1.807, 2.05) is 74.6 Å². The molecule has 1 saturated heterocycles. The Hall–Kier alpha value is -4.81. The van der Waals surface area contributed by atoms with Gasteiger partial charge in [0.25, 0.3) is 11.8 Å². The molecule has 0 unspecified atom stereocenters. The summed E-state index contributed by atoms with van der Waals surface area (Å²) >= 11 is 0. The smallest absolute Gasteiger partial charge is 0.268 e. The topological polar surface area (TPSA) is 145 Å². The first-order valence-corrected chi connectivity index (χ1v) is 20.0. The van der Waals surface area contributed by atoms with Crippen molar-refractivity contribution in [1.29, 1.82) is 0 Å². The number of nitrogen functional groups attached to an aromatic ring is 1. The number of anilines is 4. The van der Waals surface area contributed by atoms with Crippen LogP contribution in [0.1, 0.15) is 40.4 Å². The molecule has 1 fully saturated rings. The molecule has 3 aliphatic heterocycles. The van der Waals surface area contributed by atoms with E-state index < -0.39 is 37.5 Å². The Kier molecular flexibility index (Phi) is 8.63. The van der Waals surface area contributed by atoms with E-state index in [2.05, 4.69) is 5.32 Å². The number of carbonyl (C=O) groups is 3. The van der Waals surface area contributed by atoms with Crippen LogP contribution in [0.3, 0.4) is 0 Å². The van der Waals surface area contributed by atoms with E-state index in [-0.39, 0.29) is 30.7 Å². The first-order chi connectivity index (χ1) is 23.9. The molecule has 258 valence electrons. The van der Waals surface area contributed by atoms with Gasteiger partial charge in [0.05, 0.1) is 30.9 Å². The molecule has 3 heterocycles. The first kappa shape index (κ1) is 33.7. The summed E-state index contributed by atoms with van der Waals surface area (Å²) in [6, 6.07) is 28.7. The van der Waals surface area contributed by atoms with Crippen LogP contribution in [0.15, 0.2) is 97.1 Å². The first-order valence-electron chi connectivity index (χ1n) is 17.0. The molecule has 5 atom stereocenters. The molecule has 0 bridgehead atoms. The molecule has 0 aliphatic carbocycles. The number of ether oxygens (including phenoxy) is 1. The lowest BCUT2D eigenvalue weighted by Crippen LogP contribution is -2.48. The number of fused-ring (bicyclic) bond motifs is 3. The maximum absolute atomic E-state index is 14.9. The molecule has 4 aromatic rings. The Morgan fingerprint density at radius 1 is 0.980 bits per heavy atom. The molecule has 5 N–H and O–H groups in total. The summed E-state index contributed by atoms with van der Waals surface area (Å²) < 4.78 is 6.96. The molecule has 1 spiro atoms. The summed E-state index contributed by atoms with van der Waals surface area (Å²) in [7, 11) is -3.08. The van der Waals surface area contributed by atoms with E-state index in [0.29, 0.717) is 46.8 Å². The average Bonchev–Trinajstić information content (AvgIpc) is 3.53. The summed E-state index contributed by atoms with van der Waals surface area (Å²) in [5, 5.41) is 13.3. The molecule has 0 saturated carbocycles. The Morgan fingerprint density at radius 3 is 2.34 bits per heavy atom. The van der Waals surface area contributed by atoms with Gasteiger partial charge in [-0.25, -0.2) is 0 Å². The number of aliphatic hydroxyl groups is 1. The number of rotatable bonds is 7. The summed E-state index contributed by atoms with van der Waals surface area (Å²) in [6.45, 7) is 5.74. The quantitative estimate of drug-likeness (QED) is 0.152. The van der Waals surface area contributed by atoms with Gasteiger partial charge in [-0.2, -0.15) is 0 Å². The highest BCUT2D eigenvalue weighted by Crippen LogP contribution is 2.61. The molecular formula is C39H42N4O6Si. The van der Waals surface area contributed by atoms with Crippen LogP contribution in [0, 0.1) is 5.92 Å². The summed E-state index contributed by atoms with van der Waals surface area (Å²) in [6.07, 6.45) is -0.300. The third-order valence-electron chi connectivity index (χ3n) is 10.6. The van der Waals surface area contributed by atoms with Gasteiger partial charge in [0.2, 0.25) is 5.91 Å². The summed E-state index contributed by atoms with van der Waals surface area (Å²) in [5.41, 5.74) is 9.19. The standard InChI is InChI=1S/C39H42N4O6Si/c1-24-36(50(2,3)48)34(21-35(45)42-22-27-10-8-7-9-26(27)19-31(42)23-44)49-39(24)32-20-29(41-37(46)25-13-15-28(40)16-14-25)17-18-33(32)43(38(39)47)30-11-5-4-6-12-30/h4-18,20,24,31,34,36,44,48H,19,21-23,40H2,1-3H3,(H,41,46)/t24-,31+,34+,36-,39+/m1/s1. The van der Waals surface area contributed by atoms with Crippen LogP contribution in [-0.2, 0) is 32.9 Å². The van der Waals surface area contributed by atoms with Gasteiger partial charge in [-0.3, -0.25) is 19.3 Å². The maximum atomic E-state index is 14.9. The third kappa shape index (κ3) is 5.69. The van der Waals surface area contributed by atoms with Gasteiger partial charge < -0.3 is 30.6 Å². The van der Waals surface area contributed by atoms with Gasteiger partial charge in [-0.1, -0.05) is 49.4 Å². The minimum atomic E-state index is -3.08. The predicted molar refractivity (Wildman–Crippen MR) is 194 cm³/mol. The molecular weight excluding hydrogens is 649 g/mol. The number of hydrogen-bond donors (Lipinski definition) is 4. The monoisotopic (exact) mass is 690 g/mol. The molecule has 4 aromatic carbocycles. The summed E-state index contributed by atoms with van der Waals surface area (Å²) in [5.74, 6) is -1.38. The number of aliphatic hydroxyl groups excluding tert-OH is 1. The Morgan fingerprint density at radius 2 is 1.66 bits per heavy atom. The number of amides is 3. The second-order valence-electron chi connectivity index (χ2n) is 14.2. The van der Waals surface area contributed by atoms with Crippen molar-refractivity contribution in [2.24, 2.45) is 5.92 Å². The number of nitrogens with zero attached hydrogens (tertiary/aromatic N) is 2. The summed E-state index contributed by atoms with van der Waals surface area (Å²) in [4.78, 5) is 57.5. The van der Waals surface area contributed by atoms with Gasteiger partial charge >= 0.3 is 0 Å². The van der Waals surface area contributed by atoms with Crippen LogP contribution in [0.2, 0.25) is 18.6 Å². The van der Waals surface area contributed by atoms with Crippen LogP contribution in [0.25, 0.3) is 0 Å². The van der Waals surface area contributed by atoms with Crippen molar-refractivity contribution in [2.45, 2.75) is 62.7 Å². The van der Waals surface area contributed by atoms with Crippen molar-refractivity contribution in [3.63, 3.8) is 0 Å². The lowest BCUT2D eigenvalue weighted by Gasteiger charge is -2.37. The average molecular weight is 691 g/mol. The van der Waals surface area contributed by atoms with E-state index in [4.69, 9.17) is 10.5 Å². The number of nitrogens with two attached hydrogens (primary N) is 1. The highest BCUT2D eigenvalue weighted by Gasteiger charge is 2.67. The van der Waals surface area contributed by atoms with Gasteiger partial charge in [-0.15, -0.1) is 0 Å². The van der Waals surface area contributed by atoms with Gasteiger partial charge in [0.15, 0.2) is 13.9 Å². The van der Waals surface area contributed by atoms with Crippen molar-refractivity contribution in [2.75, 3.05) is 22.6 Å². The minimum absolute atomic E-state index is 0.0616. The molecule has 11 heteroatoms. The highest BCUT2D eigenvalue weighted by molar-refractivity contribution is 6.71. The van der Waals surface area contributed by atoms with Crippen LogP contribution in [0.5, 0.6) is 0 Å². The molecule has 3 aliphatic rings. The molecule has 0 aromatic heterocycles. The van der Waals surface area contributed by atoms with E-state index in [0.717, 1.165) is 11.1 Å². The van der Waals surface area contributed by atoms with Crippen LogP contribution in [0.4, 0.5) is 22.7 Å². The number of benzene rings is 4. The van der Waals surface area contributed by atoms with Gasteiger partial charge in [0, 0.05) is 46.2 Å². The second-order valence-corrected chi connectivity index (χ2v) is 18.2. The molecule has 7 rings (SSSR count). The molecule has 3 amide bonds. The fourth-order valence-corrected chi connectivity index (χ4v) is 10.8. The lowest BCUT2D eigenvalue weighted by molar-refractivity contribution is -0.150. The van der Waals surface area contributed by atoms with Gasteiger partial charge in [0.1, 0.15) is 0 Å². The van der Waals surface area contributed by atoms with Crippen LogP contribution >= 0.6 is 0 Å². The molecule has 50 heavy (non-hydrogen) atoms. The highest BCUT2D eigenvalue weighted by atomic mass is 28.4. The molecule has 10 nitrogen and oxygen atoms in total. The third-order valence-corrected chi connectivity index (χ3v) is 13.1. The van der Waals surface area contributed by atoms with Crippen molar-refractivity contribution >= 4 is 48.8 Å². The van der Waals surface area contributed by atoms with Crippen molar-refractivity contribution in [3.8, 4) is 0 Å². The number of hydrogen-bond acceptors (Lipinski definition) is 7. The second kappa shape index (κ2) is 12.8. The maximum Gasteiger partial charge on any atom is 0.268 e. The van der Waals surface area contributed by atoms with Crippen LogP contribution < -0.4 is 16.0 Å². The fraction of sp³-hybridized carbons (Fsp3) is 0.308. The fourth-order valence-electron chi connectivity index (χ4n) is 8.28. The molecule has 0 radical (unpaired) electrons. The van der Waals surface area contributed by atoms with E-state index >= 15 is 0 Å². The zero-order valence-corrected chi connectivity index (χ0v) is 29.4. The number of para-hydroxylation sites is 1. The predicted octanol–water partition coefficient (Wildman–Crippen LogP) is 5.33. The number of carbonyl (C=O) groups excluding carboxylic acids is 3. The van der Waals surface area contributed by atoms with Gasteiger partial charge in [-0.05, 0) is 85.2 Å². The zero-order chi connectivity index (χ0) is 35.4. The minimum Gasteiger partial charge on any atom is -0.432 e. The van der Waals surface area contributed by atoms with Crippen LogP contribution in [-0.4, -0.2) is 59.6 Å². The van der Waals surface area contributed by atoms with Crippen molar-refractivity contribution in [1.82, 2.24) is 4.90 Å². The SMILES string of the molecule is C[C@@H]1[C@@H]([Si](C)(C)O)[C@H](CC(=O)N2Cc3ccccc3C[C@H]2CO)O[C@@]12C(=O)N(c1ccccc1)c1ccc(NC(=O)c3ccc(N)cc3)cc12. The van der Waals surface area contributed by atoms with E-state index in [9.17, 15) is 24.3 Å². The Labute approximate surface area is 292 Å². The Balaban J connectivity index is 1.27. The lowest BCUT2D eigenvalue weighted by atomic mass is 9.82. The van der Waals surface area contributed by atoms with E-state index in [1.54, 1.807) is 52.3 Å². The normalized spacial score (nSPS) is 24.3. The number of nitrogens with one attached hydrogen (secondary N) is 1. The zero-order valence-electron chi connectivity index (χ0n) is 28.4. The Bertz CT molecular complexity index is 1950. The van der Waals surface area contributed by atoms with Crippen molar-refractivity contribution in [3.05, 3.63) is 119 Å². The largest absolute Gasteiger partial charge is 0.432 e. The van der Waals surface area contributed by atoms with Crippen molar-refractivity contribution < 1.29 is 29.0 Å². The van der Waals surface area contributed by atoms with E-state index in [1.165, 1.54) is 0 Å².